The summed E-state index contributed by atoms with van der Waals surface area (Å²) >= 11 is 0. The van der Waals surface area contributed by atoms with Crippen LogP contribution < -0.4 is 5.73 Å². The van der Waals surface area contributed by atoms with Gasteiger partial charge in [0, 0.05) is 12.8 Å². The maximum Gasteiger partial charge on any atom is 0.251 e. The van der Waals surface area contributed by atoms with Gasteiger partial charge in [0.25, 0.3) is 5.92 Å². The largest absolute Gasteiger partial charge is 0.388 e. The molecule has 2 nitrogen and oxygen atoms in total. The number of hydrogen-bond acceptors (Lipinski definition) is 2. The van der Waals surface area contributed by atoms with E-state index in [2.05, 4.69) is 0 Å². The van der Waals surface area contributed by atoms with Crippen LogP contribution in [0.1, 0.15) is 38.5 Å². The van der Waals surface area contributed by atoms with Crippen molar-refractivity contribution in [2.45, 2.75) is 55.6 Å². The van der Waals surface area contributed by atoms with Crippen LogP contribution >= 0.6 is 0 Å². The van der Waals surface area contributed by atoms with E-state index in [-0.39, 0.29) is 18.8 Å². The predicted octanol–water partition coefficient (Wildman–Crippen LogP) is 1.66. The van der Waals surface area contributed by atoms with Crippen LogP contribution in [-0.2, 0) is 0 Å². The van der Waals surface area contributed by atoms with Gasteiger partial charge in [-0.05, 0) is 37.5 Å². The molecule has 3 N–H and O–H groups in total. The normalized spacial score (nSPS) is 50.4. The summed E-state index contributed by atoms with van der Waals surface area (Å²) in [4.78, 5) is 0. The first kappa shape index (κ1) is 9.97. The van der Waals surface area contributed by atoms with E-state index in [1.165, 1.54) is 0 Å². The molecule has 3 atom stereocenters. The molecule has 2 bridgehead atoms. The maximum absolute atomic E-state index is 12.9. The molecule has 3 aliphatic carbocycles. The minimum absolute atomic E-state index is 0.170. The highest BCUT2D eigenvalue weighted by molar-refractivity contribution is 5.20. The van der Waals surface area contributed by atoms with Crippen molar-refractivity contribution in [3.05, 3.63) is 0 Å². The van der Waals surface area contributed by atoms with Crippen LogP contribution in [0.2, 0.25) is 0 Å². The van der Waals surface area contributed by atoms with Gasteiger partial charge in [-0.25, -0.2) is 8.78 Å². The van der Waals surface area contributed by atoms with Crippen LogP contribution in [0, 0.1) is 11.8 Å². The highest BCUT2D eigenvalue weighted by Crippen LogP contribution is 2.61. The Morgan fingerprint density at radius 3 is 2.27 bits per heavy atom. The van der Waals surface area contributed by atoms with E-state index in [9.17, 15) is 13.9 Å². The first-order valence-corrected chi connectivity index (χ1v) is 5.74. The van der Waals surface area contributed by atoms with E-state index in [0.717, 1.165) is 19.3 Å². The molecule has 3 saturated carbocycles. The second kappa shape index (κ2) is 2.54. The molecule has 0 aromatic heterocycles. The average Bonchev–Trinajstić information content (AvgIpc) is 2.59. The minimum atomic E-state index is -2.65. The monoisotopic (exact) mass is 217 g/mol. The fourth-order valence-electron chi connectivity index (χ4n) is 4.09. The average molecular weight is 217 g/mol. The maximum atomic E-state index is 12.9. The molecule has 0 radical (unpaired) electrons. The molecular formula is C11H17F2NO. The molecule has 0 amide bonds. The molecule has 0 aromatic rings. The Hall–Kier alpha value is -0.220. The van der Waals surface area contributed by atoms with Gasteiger partial charge in [-0.1, -0.05) is 0 Å². The zero-order valence-electron chi connectivity index (χ0n) is 8.68. The van der Waals surface area contributed by atoms with Gasteiger partial charge in [0.2, 0.25) is 0 Å². The molecule has 0 saturated heterocycles. The highest BCUT2D eigenvalue weighted by atomic mass is 19.3. The summed E-state index contributed by atoms with van der Waals surface area (Å²) < 4.78 is 25.8. The second-order valence-corrected chi connectivity index (χ2v) is 5.87. The summed E-state index contributed by atoms with van der Waals surface area (Å²) in [6.07, 6.45) is 3.07. The van der Waals surface area contributed by atoms with Crippen molar-refractivity contribution in [3.63, 3.8) is 0 Å². The first-order valence-electron chi connectivity index (χ1n) is 5.74. The molecule has 0 aliphatic heterocycles. The molecule has 0 aromatic carbocycles. The van der Waals surface area contributed by atoms with Gasteiger partial charge in [-0.15, -0.1) is 0 Å². The van der Waals surface area contributed by atoms with Gasteiger partial charge in [-0.2, -0.15) is 0 Å². The fourth-order valence-corrected chi connectivity index (χ4v) is 4.09. The summed E-state index contributed by atoms with van der Waals surface area (Å²) in [5.41, 5.74) is 3.95. The Morgan fingerprint density at radius 2 is 1.87 bits per heavy atom. The molecular weight excluding hydrogens is 200 g/mol. The predicted molar refractivity (Wildman–Crippen MR) is 51.5 cm³/mol. The minimum Gasteiger partial charge on any atom is -0.388 e. The van der Waals surface area contributed by atoms with E-state index in [1.54, 1.807) is 0 Å². The number of rotatable bonds is 1. The van der Waals surface area contributed by atoms with Crippen molar-refractivity contribution in [3.8, 4) is 0 Å². The molecule has 3 rings (SSSR count). The lowest BCUT2D eigenvalue weighted by Gasteiger charge is -2.55. The summed E-state index contributed by atoms with van der Waals surface area (Å²) in [5.74, 6) is -1.95. The van der Waals surface area contributed by atoms with Crippen molar-refractivity contribution in [1.82, 2.24) is 0 Å². The lowest BCUT2D eigenvalue weighted by atomic mass is 9.59. The van der Waals surface area contributed by atoms with Gasteiger partial charge in [0.05, 0.1) is 11.1 Å². The standard InChI is InChI=1S/C11H17F2NO/c12-10(13)5-9(14,6-10)11(15)4-7-1-2-8(11)3-7/h7-8,15H,1-6,14H2. The SMILES string of the molecule is NC1(C2(O)CC3CCC2C3)CC(F)(F)C1. The van der Waals surface area contributed by atoms with Crippen LogP contribution in [0.3, 0.4) is 0 Å². The lowest BCUT2D eigenvalue weighted by molar-refractivity contribution is -0.205. The van der Waals surface area contributed by atoms with E-state index >= 15 is 0 Å². The topological polar surface area (TPSA) is 46.2 Å². The summed E-state index contributed by atoms with van der Waals surface area (Å²) in [6, 6.07) is 0. The summed E-state index contributed by atoms with van der Waals surface area (Å²) in [5, 5.41) is 10.5. The molecule has 3 aliphatic rings. The van der Waals surface area contributed by atoms with Gasteiger partial charge >= 0.3 is 0 Å². The number of fused-ring (bicyclic) bond motifs is 2. The number of alkyl halides is 2. The third-order valence-corrected chi connectivity index (χ3v) is 4.83. The number of aliphatic hydroxyl groups is 1. The Labute approximate surface area is 87.8 Å². The fraction of sp³-hybridized carbons (Fsp3) is 1.00. The summed E-state index contributed by atoms with van der Waals surface area (Å²) in [6.45, 7) is 0. The number of nitrogens with two attached hydrogens (primary N) is 1. The van der Waals surface area contributed by atoms with E-state index in [0.29, 0.717) is 12.3 Å². The zero-order valence-corrected chi connectivity index (χ0v) is 8.68. The van der Waals surface area contributed by atoms with Gasteiger partial charge < -0.3 is 10.8 Å². The third-order valence-electron chi connectivity index (χ3n) is 4.83. The van der Waals surface area contributed by atoms with Gasteiger partial charge in [-0.3, -0.25) is 0 Å². The Morgan fingerprint density at radius 1 is 1.20 bits per heavy atom. The van der Waals surface area contributed by atoms with Crippen LogP contribution in [-0.4, -0.2) is 22.2 Å². The molecule has 0 spiro atoms. The third kappa shape index (κ3) is 1.15. The van der Waals surface area contributed by atoms with Gasteiger partial charge in [0.15, 0.2) is 0 Å². The molecule has 15 heavy (non-hydrogen) atoms. The Kier molecular flexibility index (Phi) is 1.69. The van der Waals surface area contributed by atoms with Crippen molar-refractivity contribution in [1.29, 1.82) is 0 Å². The van der Waals surface area contributed by atoms with E-state index in [1.807, 2.05) is 0 Å². The van der Waals surface area contributed by atoms with Crippen LogP contribution in [0.25, 0.3) is 0 Å². The quantitative estimate of drug-likeness (QED) is 0.701. The molecule has 86 valence electrons. The lowest BCUT2D eigenvalue weighted by Crippen LogP contribution is -2.72. The zero-order chi connectivity index (χ0) is 10.9. The van der Waals surface area contributed by atoms with Crippen molar-refractivity contribution >= 4 is 0 Å². The number of halogens is 2. The highest BCUT2D eigenvalue weighted by Gasteiger charge is 2.68. The molecule has 3 unspecified atom stereocenters. The van der Waals surface area contributed by atoms with E-state index < -0.39 is 17.1 Å². The van der Waals surface area contributed by atoms with Crippen LogP contribution in [0.15, 0.2) is 0 Å². The van der Waals surface area contributed by atoms with Crippen LogP contribution in [0.5, 0.6) is 0 Å². The number of hydrogen-bond donors (Lipinski definition) is 2. The van der Waals surface area contributed by atoms with Crippen molar-refractivity contribution < 1.29 is 13.9 Å². The molecule has 3 fully saturated rings. The van der Waals surface area contributed by atoms with E-state index in [4.69, 9.17) is 5.73 Å². The smallest absolute Gasteiger partial charge is 0.251 e. The second-order valence-electron chi connectivity index (χ2n) is 5.87. The van der Waals surface area contributed by atoms with Crippen molar-refractivity contribution in [2.24, 2.45) is 17.6 Å². The Balaban J connectivity index is 1.83. The first-order chi connectivity index (χ1) is 6.85. The Bertz CT molecular complexity index is 299. The van der Waals surface area contributed by atoms with Gasteiger partial charge in [0.1, 0.15) is 0 Å². The molecule has 0 heterocycles. The van der Waals surface area contributed by atoms with Crippen LogP contribution in [0.4, 0.5) is 8.78 Å². The molecule has 4 heteroatoms. The summed E-state index contributed by atoms with van der Waals surface area (Å²) in [7, 11) is 0. The van der Waals surface area contributed by atoms with Crippen molar-refractivity contribution in [2.75, 3.05) is 0 Å².